The van der Waals surface area contributed by atoms with Crippen LogP contribution >= 0.6 is 0 Å². The van der Waals surface area contributed by atoms with Gasteiger partial charge in [-0.05, 0) is 61.2 Å². The highest BCUT2D eigenvalue weighted by Crippen LogP contribution is 2.44. The fraction of sp³-hybridized carbons (Fsp3) is 0.371. The Morgan fingerprint density at radius 1 is 1.04 bits per heavy atom. The van der Waals surface area contributed by atoms with Crippen molar-refractivity contribution in [3.63, 3.8) is 0 Å². The highest BCUT2D eigenvalue weighted by atomic mass is 19.4. The van der Waals surface area contributed by atoms with E-state index in [4.69, 9.17) is 20.8 Å². The van der Waals surface area contributed by atoms with Crippen molar-refractivity contribution >= 4 is 22.6 Å². The Morgan fingerprint density at radius 2 is 1.81 bits per heavy atom. The lowest BCUT2D eigenvalue weighted by Crippen LogP contribution is -2.53. The molecule has 0 bridgehead atoms. The molecule has 0 amide bonds. The summed E-state index contributed by atoms with van der Waals surface area (Å²) in [6, 6.07) is 15.2. The Hall–Kier alpha value is -4.60. The van der Waals surface area contributed by atoms with Gasteiger partial charge in [-0.15, -0.1) is 0 Å². The second-order valence-corrected chi connectivity index (χ2v) is 11.5. The SMILES string of the molecule is [C-]#[N+]c1ccc2c(C(O)(CN3CCC(Oc4ccc(CC(=O)OCC)cc4OC)CC3)C(F)(F)F)cn(Cc3cccc(F)c3)c2c1. The third-order valence-electron chi connectivity index (χ3n) is 8.31. The number of hydrogen-bond donors (Lipinski definition) is 1. The van der Waals surface area contributed by atoms with Crippen molar-refractivity contribution in [1.82, 2.24) is 9.47 Å². The maximum atomic E-state index is 14.9. The zero-order valence-electron chi connectivity index (χ0n) is 26.0. The number of rotatable bonds is 11. The van der Waals surface area contributed by atoms with E-state index in [2.05, 4.69) is 4.85 Å². The summed E-state index contributed by atoms with van der Waals surface area (Å²) in [7, 11) is 1.48. The van der Waals surface area contributed by atoms with Crippen molar-refractivity contribution in [1.29, 1.82) is 0 Å². The van der Waals surface area contributed by atoms with Crippen LogP contribution in [0, 0.1) is 12.4 Å². The van der Waals surface area contributed by atoms with Gasteiger partial charge in [-0.1, -0.05) is 30.3 Å². The molecule has 2 heterocycles. The first-order chi connectivity index (χ1) is 22.4. The molecule has 1 saturated heterocycles. The van der Waals surface area contributed by atoms with Gasteiger partial charge in [0.05, 0.1) is 26.7 Å². The average Bonchev–Trinajstić information content (AvgIpc) is 3.40. The van der Waals surface area contributed by atoms with E-state index in [1.54, 1.807) is 36.1 Å². The zero-order chi connectivity index (χ0) is 33.8. The molecule has 1 unspecified atom stereocenters. The number of hydrogen-bond acceptors (Lipinski definition) is 6. The number of esters is 1. The lowest BCUT2D eigenvalue weighted by molar-refractivity contribution is -0.272. The number of methoxy groups -OCH3 is 1. The molecule has 248 valence electrons. The van der Waals surface area contributed by atoms with Gasteiger partial charge in [0.15, 0.2) is 17.2 Å². The standard InChI is InChI=1S/C35H35F4N3O5/c1-4-46-33(43)18-23-8-11-31(32(17-23)45-3)47-27-12-14-41(15-13-27)22-34(44,35(37,38)39)29-21-42(20-24-6-5-7-25(36)16-24)30-19-26(40-2)9-10-28(29)30/h5-11,16-17,19,21,27,44H,4,12-15,18,20,22H2,1,3H3. The van der Waals surface area contributed by atoms with Crippen molar-refractivity contribution in [2.24, 2.45) is 0 Å². The molecule has 1 aliphatic rings. The third-order valence-corrected chi connectivity index (χ3v) is 8.31. The minimum absolute atomic E-state index is 0.0413. The number of nitrogens with zero attached hydrogens (tertiary/aromatic N) is 3. The van der Waals surface area contributed by atoms with E-state index in [9.17, 15) is 27.5 Å². The molecule has 1 aliphatic heterocycles. The summed E-state index contributed by atoms with van der Waals surface area (Å²) in [4.78, 5) is 16.8. The molecule has 8 nitrogen and oxygen atoms in total. The highest BCUT2D eigenvalue weighted by Gasteiger charge is 2.57. The fourth-order valence-corrected chi connectivity index (χ4v) is 5.96. The number of aliphatic hydroxyl groups is 1. The molecule has 1 fully saturated rings. The first-order valence-corrected chi connectivity index (χ1v) is 15.2. The number of aromatic nitrogens is 1. The second kappa shape index (κ2) is 14.0. The highest BCUT2D eigenvalue weighted by molar-refractivity contribution is 5.88. The van der Waals surface area contributed by atoms with E-state index in [0.717, 1.165) is 0 Å². The van der Waals surface area contributed by atoms with Crippen LogP contribution in [0.2, 0.25) is 0 Å². The third kappa shape index (κ3) is 7.53. The summed E-state index contributed by atoms with van der Waals surface area (Å²) in [6.07, 6.45) is -3.21. The molecule has 1 atom stereocenters. The quantitative estimate of drug-likeness (QED) is 0.109. The van der Waals surface area contributed by atoms with Gasteiger partial charge in [-0.2, -0.15) is 13.2 Å². The topological polar surface area (TPSA) is 77.5 Å². The van der Waals surface area contributed by atoms with Crippen molar-refractivity contribution in [2.45, 2.75) is 50.6 Å². The van der Waals surface area contributed by atoms with Gasteiger partial charge in [0.25, 0.3) is 0 Å². The molecule has 47 heavy (non-hydrogen) atoms. The summed E-state index contributed by atoms with van der Waals surface area (Å²) < 4.78 is 76.6. The number of carbonyl (C=O) groups excluding carboxylic acids is 1. The summed E-state index contributed by atoms with van der Waals surface area (Å²) >= 11 is 0. The van der Waals surface area contributed by atoms with Crippen LogP contribution in [0.3, 0.4) is 0 Å². The van der Waals surface area contributed by atoms with Crippen LogP contribution in [-0.2, 0) is 28.1 Å². The molecule has 0 radical (unpaired) electrons. The van der Waals surface area contributed by atoms with Crippen molar-refractivity contribution in [3.8, 4) is 11.5 Å². The molecular weight excluding hydrogens is 618 g/mol. The Kier molecular flexibility index (Phi) is 10.1. The summed E-state index contributed by atoms with van der Waals surface area (Å²) in [6.45, 7) is 9.19. The maximum absolute atomic E-state index is 14.9. The molecule has 1 aromatic heterocycles. The van der Waals surface area contributed by atoms with E-state index < -0.39 is 24.1 Å². The molecule has 0 aliphatic carbocycles. The minimum atomic E-state index is -5.03. The summed E-state index contributed by atoms with van der Waals surface area (Å²) in [5.41, 5.74) is -1.80. The Balaban J connectivity index is 1.34. The van der Waals surface area contributed by atoms with Gasteiger partial charge in [0.2, 0.25) is 5.60 Å². The van der Waals surface area contributed by atoms with Gasteiger partial charge in [0.1, 0.15) is 11.9 Å². The van der Waals surface area contributed by atoms with Crippen molar-refractivity contribution in [2.75, 3.05) is 33.4 Å². The van der Waals surface area contributed by atoms with Crippen molar-refractivity contribution in [3.05, 3.63) is 101 Å². The number of piperidine rings is 1. The number of carbonyl (C=O) groups is 1. The van der Waals surface area contributed by atoms with Gasteiger partial charge >= 0.3 is 12.1 Å². The van der Waals surface area contributed by atoms with Crippen LogP contribution in [-0.4, -0.2) is 66.2 Å². The molecule has 12 heteroatoms. The van der Waals surface area contributed by atoms with Crippen LogP contribution in [0.5, 0.6) is 11.5 Å². The normalized spacial score (nSPS) is 15.6. The van der Waals surface area contributed by atoms with Gasteiger partial charge in [-0.25, -0.2) is 9.24 Å². The minimum Gasteiger partial charge on any atom is -0.493 e. The Labute approximate surface area is 269 Å². The van der Waals surface area contributed by atoms with Gasteiger partial charge in [0, 0.05) is 48.8 Å². The number of alkyl halides is 3. The van der Waals surface area contributed by atoms with Gasteiger partial charge in [-0.3, -0.25) is 9.69 Å². The average molecular weight is 654 g/mol. The number of benzene rings is 3. The summed E-state index contributed by atoms with van der Waals surface area (Å²) in [5.74, 6) is 0.0373. The Bertz CT molecular complexity index is 1780. The molecule has 4 aromatic rings. The predicted octanol–water partition coefficient (Wildman–Crippen LogP) is 6.79. The lowest BCUT2D eigenvalue weighted by atomic mass is 9.91. The van der Waals surface area contributed by atoms with Crippen LogP contribution in [0.1, 0.15) is 36.5 Å². The van der Waals surface area contributed by atoms with Crippen molar-refractivity contribution < 1.29 is 41.7 Å². The van der Waals surface area contributed by atoms with E-state index in [0.29, 0.717) is 41.0 Å². The predicted molar refractivity (Wildman–Crippen MR) is 167 cm³/mol. The van der Waals surface area contributed by atoms with E-state index in [1.807, 2.05) is 0 Å². The first kappa shape index (κ1) is 33.8. The fourth-order valence-electron chi connectivity index (χ4n) is 5.96. The smallest absolute Gasteiger partial charge is 0.422 e. The van der Waals surface area contributed by atoms with Crippen LogP contribution in [0.4, 0.5) is 23.2 Å². The monoisotopic (exact) mass is 653 g/mol. The second-order valence-electron chi connectivity index (χ2n) is 11.5. The van der Waals surface area contributed by atoms with E-state index in [-0.39, 0.29) is 61.4 Å². The maximum Gasteiger partial charge on any atom is 0.422 e. The van der Waals surface area contributed by atoms with E-state index in [1.165, 1.54) is 54.3 Å². The number of likely N-dealkylation sites (tertiary alicyclic amines) is 1. The first-order valence-electron chi connectivity index (χ1n) is 15.2. The van der Waals surface area contributed by atoms with E-state index >= 15 is 0 Å². The number of fused-ring (bicyclic) bond motifs is 1. The number of halogens is 4. The molecule has 3 aromatic carbocycles. The Morgan fingerprint density at radius 3 is 2.47 bits per heavy atom. The molecule has 0 spiro atoms. The molecule has 0 saturated carbocycles. The van der Waals surface area contributed by atoms with Gasteiger partial charge < -0.3 is 23.9 Å². The lowest BCUT2D eigenvalue weighted by Gasteiger charge is -2.39. The molecule has 1 N–H and O–H groups in total. The molecular formula is C35H35F4N3O5. The zero-order valence-corrected chi connectivity index (χ0v) is 26.0. The van der Waals surface area contributed by atoms with Crippen LogP contribution in [0.25, 0.3) is 15.7 Å². The van der Waals surface area contributed by atoms with Crippen LogP contribution < -0.4 is 9.47 Å². The summed E-state index contributed by atoms with van der Waals surface area (Å²) in [5, 5.41) is 11.7. The number of ether oxygens (including phenoxy) is 3. The number of β-amino-alcohol motifs (C(OH)–C–C–N with tert-alkyl or cyclic N) is 1. The largest absolute Gasteiger partial charge is 0.493 e. The van der Waals surface area contributed by atoms with Crippen LogP contribution in [0.15, 0.2) is 66.9 Å². The molecule has 5 rings (SSSR count).